The predicted octanol–water partition coefficient (Wildman–Crippen LogP) is 7.13. The van der Waals surface area contributed by atoms with Crippen LogP contribution >= 0.6 is 0 Å². The van der Waals surface area contributed by atoms with Crippen molar-refractivity contribution in [3.63, 3.8) is 0 Å². The molecular weight excluding hydrogens is 634 g/mol. The standard InChI is InChI=1S/C35H20N4Se2/c1-3-8-23-18-30-27(16-21(23)6-1)35(25-11-14-40-32(25)33-26(35)12-15-41-33)28-17-22-7-2-4-9-24(22)19-31(28)39(30)38-20-37-34-29(38)10-5-13-36-34/h1-20H. The molecule has 0 bridgehead atoms. The molecule has 5 heterocycles. The van der Waals surface area contributed by atoms with Gasteiger partial charge in [0.15, 0.2) is 0 Å². The monoisotopic (exact) mass is 656 g/mol. The van der Waals surface area contributed by atoms with Gasteiger partial charge in [0.2, 0.25) is 0 Å². The van der Waals surface area contributed by atoms with Gasteiger partial charge in [-0.15, -0.1) is 0 Å². The van der Waals surface area contributed by atoms with Gasteiger partial charge in [0, 0.05) is 0 Å². The van der Waals surface area contributed by atoms with Crippen molar-refractivity contribution in [1.82, 2.24) is 14.6 Å². The van der Waals surface area contributed by atoms with Crippen molar-refractivity contribution >= 4 is 73.1 Å². The van der Waals surface area contributed by atoms with E-state index in [1.165, 1.54) is 55.2 Å². The van der Waals surface area contributed by atoms with Crippen molar-refractivity contribution in [3.8, 4) is 8.87 Å². The third kappa shape index (κ3) is 2.76. The third-order valence-electron chi connectivity index (χ3n) is 8.85. The van der Waals surface area contributed by atoms with E-state index in [0.717, 1.165) is 11.2 Å². The molecule has 0 atom stereocenters. The van der Waals surface area contributed by atoms with Gasteiger partial charge in [0.1, 0.15) is 0 Å². The molecule has 0 saturated carbocycles. The minimum absolute atomic E-state index is 0.349. The average Bonchev–Trinajstić information content (AvgIpc) is 3.80. The van der Waals surface area contributed by atoms with E-state index < -0.39 is 0 Å². The van der Waals surface area contributed by atoms with Gasteiger partial charge < -0.3 is 0 Å². The Morgan fingerprint density at radius 1 is 0.561 bits per heavy atom. The second-order valence-corrected chi connectivity index (χ2v) is 14.6. The van der Waals surface area contributed by atoms with Crippen LogP contribution in [0.3, 0.4) is 0 Å². The predicted molar refractivity (Wildman–Crippen MR) is 168 cm³/mol. The summed E-state index contributed by atoms with van der Waals surface area (Å²) in [6.07, 6.45) is 3.74. The fourth-order valence-corrected chi connectivity index (χ4v) is 12.0. The number of rotatable bonds is 1. The Balaban J connectivity index is 1.44. The van der Waals surface area contributed by atoms with Crippen LogP contribution in [0.5, 0.6) is 0 Å². The van der Waals surface area contributed by atoms with Crippen molar-refractivity contribution < 1.29 is 0 Å². The summed E-state index contributed by atoms with van der Waals surface area (Å²) in [6.45, 7) is 0. The van der Waals surface area contributed by atoms with Crippen molar-refractivity contribution in [2.24, 2.45) is 0 Å². The molecule has 1 aliphatic carbocycles. The summed E-state index contributed by atoms with van der Waals surface area (Å²) < 4.78 is 5.39. The van der Waals surface area contributed by atoms with Crippen LogP contribution < -0.4 is 5.01 Å². The molecule has 0 radical (unpaired) electrons. The van der Waals surface area contributed by atoms with E-state index in [4.69, 9.17) is 4.98 Å². The number of benzene rings is 4. The van der Waals surface area contributed by atoms with Crippen LogP contribution in [0.2, 0.25) is 0 Å². The normalized spacial score (nSPS) is 14.5. The number of hydrogen-bond donors (Lipinski definition) is 0. The van der Waals surface area contributed by atoms with E-state index in [9.17, 15) is 0 Å². The van der Waals surface area contributed by atoms with Crippen LogP contribution in [0.4, 0.5) is 11.4 Å². The van der Waals surface area contributed by atoms with Gasteiger partial charge >= 0.3 is 249 Å². The first-order valence-electron chi connectivity index (χ1n) is 13.6. The van der Waals surface area contributed by atoms with Crippen LogP contribution in [-0.4, -0.2) is 43.7 Å². The molecule has 6 heteroatoms. The van der Waals surface area contributed by atoms with E-state index in [1.807, 2.05) is 18.6 Å². The summed E-state index contributed by atoms with van der Waals surface area (Å²) in [5.74, 6) is 0. The van der Waals surface area contributed by atoms with Gasteiger partial charge in [0.05, 0.1) is 0 Å². The Hall–Kier alpha value is -4.18. The molecular formula is C35H20N4Se2. The van der Waals surface area contributed by atoms with Crippen molar-refractivity contribution in [2.45, 2.75) is 5.41 Å². The molecule has 4 aromatic carbocycles. The number of imidazole rings is 1. The molecule has 0 N–H and O–H groups in total. The minimum atomic E-state index is -0.349. The first kappa shape index (κ1) is 22.5. The van der Waals surface area contributed by atoms with Gasteiger partial charge in [-0.1, -0.05) is 0 Å². The maximum absolute atomic E-state index is 4.73. The Kier molecular flexibility index (Phi) is 4.37. The van der Waals surface area contributed by atoms with Crippen molar-refractivity contribution in [1.29, 1.82) is 0 Å². The Bertz CT molecular complexity index is 2230. The van der Waals surface area contributed by atoms with Crippen LogP contribution in [0.25, 0.3) is 41.6 Å². The first-order chi connectivity index (χ1) is 20.3. The van der Waals surface area contributed by atoms with Gasteiger partial charge in [-0.05, 0) is 0 Å². The Labute approximate surface area is 247 Å². The summed E-state index contributed by atoms with van der Waals surface area (Å²) in [5, 5.41) is 7.39. The molecule has 0 saturated heterocycles. The van der Waals surface area contributed by atoms with E-state index in [2.05, 4.69) is 116 Å². The quantitative estimate of drug-likeness (QED) is 0.177. The molecule has 8 aromatic rings. The van der Waals surface area contributed by atoms with E-state index in [-0.39, 0.29) is 5.41 Å². The summed E-state index contributed by atoms with van der Waals surface area (Å²) in [4.78, 5) is 14.2. The van der Waals surface area contributed by atoms with Crippen LogP contribution in [0.1, 0.15) is 22.3 Å². The van der Waals surface area contributed by atoms with Crippen LogP contribution in [-0.2, 0) is 5.41 Å². The zero-order chi connectivity index (χ0) is 26.7. The van der Waals surface area contributed by atoms with Crippen LogP contribution in [0, 0.1) is 0 Å². The van der Waals surface area contributed by atoms with Crippen molar-refractivity contribution in [2.75, 3.05) is 5.01 Å². The number of pyridine rings is 1. The molecule has 0 unspecified atom stereocenters. The van der Waals surface area contributed by atoms with Gasteiger partial charge in [-0.3, -0.25) is 0 Å². The maximum atomic E-state index is 4.73. The fraction of sp³-hybridized carbons (Fsp3) is 0.0286. The first-order valence-corrected chi connectivity index (χ1v) is 17.3. The SMILES string of the molecule is c1ccc2cc3c(cc2c1)N(n1cnc2ncccc21)c1cc2ccccc2cc1C31c2cc[se]c2-c2[se]ccc21. The number of hydrogen-bond acceptors (Lipinski definition) is 3. The number of aromatic nitrogens is 3. The number of nitrogens with zero attached hydrogens (tertiary/aromatic N) is 4. The molecule has 192 valence electrons. The van der Waals surface area contributed by atoms with Gasteiger partial charge in [0.25, 0.3) is 0 Å². The fourth-order valence-electron chi connectivity index (χ4n) is 7.20. The second-order valence-electron chi connectivity index (χ2n) is 10.8. The van der Waals surface area contributed by atoms with Crippen molar-refractivity contribution in [3.05, 3.63) is 142 Å². The van der Waals surface area contributed by atoms with Gasteiger partial charge in [-0.2, -0.15) is 0 Å². The zero-order valence-corrected chi connectivity index (χ0v) is 25.1. The molecule has 1 aliphatic heterocycles. The molecule has 10 rings (SSSR count). The third-order valence-corrected chi connectivity index (χ3v) is 13.4. The van der Waals surface area contributed by atoms with E-state index >= 15 is 0 Å². The second kappa shape index (κ2) is 7.97. The van der Waals surface area contributed by atoms with Crippen LogP contribution in [0.15, 0.2) is 119 Å². The Morgan fingerprint density at radius 3 is 1.71 bits per heavy atom. The molecule has 41 heavy (non-hydrogen) atoms. The summed E-state index contributed by atoms with van der Waals surface area (Å²) in [7, 11) is 0. The number of fused-ring (bicyclic) bond motifs is 12. The molecule has 0 amide bonds. The summed E-state index contributed by atoms with van der Waals surface area (Å²) in [6, 6.07) is 36.2. The summed E-state index contributed by atoms with van der Waals surface area (Å²) in [5.41, 5.74) is 9.41. The molecule has 2 aliphatic rings. The Morgan fingerprint density at radius 2 is 1.12 bits per heavy atom. The van der Waals surface area contributed by atoms with E-state index in [1.54, 1.807) is 8.87 Å². The molecule has 0 fully saturated rings. The van der Waals surface area contributed by atoms with Gasteiger partial charge in [-0.25, -0.2) is 0 Å². The number of anilines is 2. The summed E-state index contributed by atoms with van der Waals surface area (Å²) >= 11 is 0.731. The molecule has 1 spiro atoms. The molecule has 4 nitrogen and oxygen atoms in total. The molecule has 4 aromatic heterocycles. The zero-order valence-electron chi connectivity index (χ0n) is 21.7. The average molecular weight is 654 g/mol. The topological polar surface area (TPSA) is 34.0 Å². The van der Waals surface area contributed by atoms with E-state index in [0.29, 0.717) is 29.0 Å².